The van der Waals surface area contributed by atoms with Gasteiger partial charge in [-0.1, -0.05) is 32.9 Å². The van der Waals surface area contributed by atoms with E-state index in [9.17, 15) is 9.59 Å². The molecule has 0 unspecified atom stereocenters. The number of ether oxygens (including phenoxy) is 2. The van der Waals surface area contributed by atoms with Crippen LogP contribution in [0.25, 0.3) is 0 Å². The first-order valence-electron chi connectivity index (χ1n) is 10.5. The SMILES string of the molecule is CC(C)(C)Cc1cccc(NC(=O)COCCOCC(=O)NCCNC(C)(C)C)c1. The minimum atomic E-state index is -0.216. The Bertz CT molecular complexity index is 663. The van der Waals surface area contributed by atoms with Gasteiger partial charge in [0, 0.05) is 24.3 Å². The minimum Gasteiger partial charge on any atom is -0.369 e. The monoisotopic (exact) mass is 421 g/mol. The zero-order valence-corrected chi connectivity index (χ0v) is 19.4. The molecule has 0 bridgehead atoms. The summed E-state index contributed by atoms with van der Waals surface area (Å²) in [6, 6.07) is 7.85. The van der Waals surface area contributed by atoms with Crippen molar-refractivity contribution in [3.8, 4) is 0 Å². The fourth-order valence-corrected chi connectivity index (χ4v) is 2.71. The Balaban J connectivity index is 2.12. The highest BCUT2D eigenvalue weighted by Crippen LogP contribution is 2.22. The van der Waals surface area contributed by atoms with Gasteiger partial charge in [0.15, 0.2) is 0 Å². The van der Waals surface area contributed by atoms with E-state index in [2.05, 4.69) is 63.6 Å². The number of hydrogen-bond acceptors (Lipinski definition) is 5. The third-order valence-electron chi connectivity index (χ3n) is 3.89. The minimum absolute atomic E-state index is 0.0222. The second-order valence-electron chi connectivity index (χ2n) is 9.62. The smallest absolute Gasteiger partial charge is 0.250 e. The van der Waals surface area contributed by atoms with Crippen molar-refractivity contribution >= 4 is 17.5 Å². The van der Waals surface area contributed by atoms with Crippen LogP contribution in [-0.2, 0) is 25.5 Å². The zero-order valence-electron chi connectivity index (χ0n) is 19.4. The summed E-state index contributed by atoms with van der Waals surface area (Å²) in [4.78, 5) is 23.7. The lowest BCUT2D eigenvalue weighted by Crippen LogP contribution is -2.42. The van der Waals surface area contributed by atoms with Gasteiger partial charge < -0.3 is 25.4 Å². The Labute approximate surface area is 181 Å². The van der Waals surface area contributed by atoms with Crippen LogP contribution < -0.4 is 16.0 Å². The highest BCUT2D eigenvalue weighted by molar-refractivity contribution is 5.91. The molecule has 0 heterocycles. The molecule has 0 fully saturated rings. The molecule has 1 aromatic carbocycles. The van der Waals surface area contributed by atoms with Crippen LogP contribution >= 0.6 is 0 Å². The van der Waals surface area contributed by atoms with Crippen molar-refractivity contribution in [2.24, 2.45) is 5.41 Å². The van der Waals surface area contributed by atoms with Crippen LogP contribution in [0.2, 0.25) is 0 Å². The summed E-state index contributed by atoms with van der Waals surface area (Å²) in [6.45, 7) is 14.4. The number of rotatable bonds is 12. The molecule has 0 spiro atoms. The van der Waals surface area contributed by atoms with Crippen molar-refractivity contribution in [2.75, 3.05) is 44.8 Å². The summed E-state index contributed by atoms with van der Waals surface area (Å²) in [6.07, 6.45) is 0.936. The number of benzene rings is 1. The van der Waals surface area contributed by atoms with Crippen LogP contribution in [0.1, 0.15) is 47.1 Å². The lowest BCUT2D eigenvalue weighted by atomic mass is 9.88. The van der Waals surface area contributed by atoms with Crippen LogP contribution in [0.5, 0.6) is 0 Å². The Morgan fingerprint density at radius 3 is 2.13 bits per heavy atom. The second-order valence-corrected chi connectivity index (χ2v) is 9.62. The summed E-state index contributed by atoms with van der Waals surface area (Å²) in [5.41, 5.74) is 2.16. The first-order valence-corrected chi connectivity index (χ1v) is 10.5. The summed E-state index contributed by atoms with van der Waals surface area (Å²) < 4.78 is 10.6. The standard InChI is InChI=1S/C23H39N3O4/c1-22(2,3)15-18-8-7-9-19(14-18)26-21(28)17-30-13-12-29-16-20(27)24-10-11-25-23(4,5)6/h7-9,14,25H,10-13,15-17H2,1-6H3,(H,24,27)(H,26,28). The van der Waals surface area contributed by atoms with Crippen LogP contribution in [0.15, 0.2) is 24.3 Å². The molecule has 0 aliphatic rings. The van der Waals surface area contributed by atoms with E-state index < -0.39 is 0 Å². The van der Waals surface area contributed by atoms with E-state index in [1.165, 1.54) is 5.56 Å². The van der Waals surface area contributed by atoms with Gasteiger partial charge in [0.05, 0.1) is 13.2 Å². The van der Waals surface area contributed by atoms with Gasteiger partial charge in [0.25, 0.3) is 0 Å². The molecular weight excluding hydrogens is 382 g/mol. The number of amides is 2. The van der Waals surface area contributed by atoms with Crippen molar-refractivity contribution in [1.82, 2.24) is 10.6 Å². The lowest BCUT2D eigenvalue weighted by molar-refractivity contribution is -0.127. The number of hydrogen-bond donors (Lipinski definition) is 3. The van der Waals surface area contributed by atoms with Gasteiger partial charge in [-0.25, -0.2) is 0 Å². The molecule has 7 nitrogen and oxygen atoms in total. The molecule has 1 rings (SSSR count). The largest absolute Gasteiger partial charge is 0.369 e. The Morgan fingerprint density at radius 1 is 0.900 bits per heavy atom. The van der Waals surface area contributed by atoms with Gasteiger partial charge in [-0.15, -0.1) is 0 Å². The predicted octanol–water partition coefficient (Wildman–Crippen LogP) is 2.75. The van der Waals surface area contributed by atoms with Crippen LogP contribution in [0.4, 0.5) is 5.69 Å². The second kappa shape index (κ2) is 12.7. The Morgan fingerprint density at radius 2 is 1.53 bits per heavy atom. The molecule has 0 atom stereocenters. The van der Waals surface area contributed by atoms with Crippen LogP contribution in [-0.4, -0.2) is 56.9 Å². The van der Waals surface area contributed by atoms with E-state index in [1.54, 1.807) is 0 Å². The van der Waals surface area contributed by atoms with Crippen molar-refractivity contribution in [2.45, 2.75) is 53.5 Å². The van der Waals surface area contributed by atoms with Crippen LogP contribution in [0.3, 0.4) is 0 Å². The maximum absolute atomic E-state index is 12.0. The van der Waals surface area contributed by atoms with E-state index in [-0.39, 0.29) is 49.2 Å². The number of nitrogens with one attached hydrogen (secondary N) is 3. The first-order chi connectivity index (χ1) is 13.9. The molecule has 0 aromatic heterocycles. The average Bonchev–Trinajstić information content (AvgIpc) is 2.59. The maximum atomic E-state index is 12.0. The van der Waals surface area contributed by atoms with E-state index in [0.29, 0.717) is 13.1 Å². The molecular formula is C23H39N3O4. The Hall–Kier alpha value is -1.96. The number of carbonyl (C=O) groups excluding carboxylic acids is 2. The molecule has 0 aliphatic heterocycles. The molecule has 0 radical (unpaired) electrons. The molecule has 0 saturated heterocycles. The van der Waals surface area contributed by atoms with Gasteiger partial charge in [-0.2, -0.15) is 0 Å². The van der Waals surface area contributed by atoms with Gasteiger partial charge in [-0.3, -0.25) is 9.59 Å². The Kier molecular flexibility index (Phi) is 11.0. The summed E-state index contributed by atoms with van der Waals surface area (Å²) >= 11 is 0. The van der Waals surface area contributed by atoms with Crippen molar-refractivity contribution in [3.05, 3.63) is 29.8 Å². The van der Waals surface area contributed by atoms with Gasteiger partial charge in [-0.05, 0) is 50.3 Å². The maximum Gasteiger partial charge on any atom is 0.250 e. The molecule has 2 amide bonds. The highest BCUT2D eigenvalue weighted by Gasteiger charge is 2.12. The zero-order chi connectivity index (χ0) is 22.6. The molecule has 7 heteroatoms. The molecule has 30 heavy (non-hydrogen) atoms. The number of carbonyl (C=O) groups is 2. The fraction of sp³-hybridized carbons (Fsp3) is 0.652. The highest BCUT2D eigenvalue weighted by atomic mass is 16.5. The van der Waals surface area contributed by atoms with E-state index >= 15 is 0 Å². The van der Waals surface area contributed by atoms with Crippen molar-refractivity contribution in [3.63, 3.8) is 0 Å². The van der Waals surface area contributed by atoms with E-state index in [1.807, 2.05) is 18.2 Å². The molecule has 170 valence electrons. The molecule has 3 N–H and O–H groups in total. The molecule has 0 aliphatic carbocycles. The van der Waals surface area contributed by atoms with Gasteiger partial charge >= 0.3 is 0 Å². The lowest BCUT2D eigenvalue weighted by Gasteiger charge is -2.20. The summed E-state index contributed by atoms with van der Waals surface area (Å²) in [5, 5.41) is 8.91. The topological polar surface area (TPSA) is 88.7 Å². The molecule has 0 saturated carbocycles. The molecule has 1 aromatic rings. The average molecular weight is 422 g/mol. The third-order valence-corrected chi connectivity index (χ3v) is 3.89. The first kappa shape index (κ1) is 26.1. The predicted molar refractivity (Wildman–Crippen MR) is 121 cm³/mol. The third kappa shape index (κ3) is 14.1. The number of anilines is 1. The summed E-state index contributed by atoms with van der Waals surface area (Å²) in [5.74, 6) is -0.384. The van der Waals surface area contributed by atoms with Crippen molar-refractivity contribution < 1.29 is 19.1 Å². The van der Waals surface area contributed by atoms with Crippen LogP contribution in [0, 0.1) is 5.41 Å². The quantitative estimate of drug-likeness (QED) is 0.452. The van der Waals surface area contributed by atoms with Gasteiger partial charge in [0.2, 0.25) is 11.8 Å². The van der Waals surface area contributed by atoms with Gasteiger partial charge in [0.1, 0.15) is 13.2 Å². The van der Waals surface area contributed by atoms with Crippen molar-refractivity contribution in [1.29, 1.82) is 0 Å². The normalized spacial score (nSPS) is 11.9. The van der Waals surface area contributed by atoms with E-state index in [0.717, 1.165) is 12.1 Å². The van der Waals surface area contributed by atoms with E-state index in [4.69, 9.17) is 9.47 Å². The fourth-order valence-electron chi connectivity index (χ4n) is 2.71. The summed E-state index contributed by atoms with van der Waals surface area (Å²) in [7, 11) is 0.